The number of hydrogen-bond donors (Lipinski definition) is 1. The summed E-state index contributed by atoms with van der Waals surface area (Å²) < 4.78 is 34.2. The van der Waals surface area contributed by atoms with Crippen molar-refractivity contribution in [1.82, 2.24) is 9.88 Å². The van der Waals surface area contributed by atoms with Crippen LogP contribution in [-0.2, 0) is 18.9 Å². The fraction of sp³-hybridized carbons (Fsp3) is 0.517. The maximum atomic E-state index is 13.4. The van der Waals surface area contributed by atoms with Gasteiger partial charge in [-0.05, 0) is 78.3 Å². The van der Waals surface area contributed by atoms with Crippen LogP contribution in [0.15, 0.2) is 41.5 Å². The number of methoxy groups -OCH3 is 1. The van der Waals surface area contributed by atoms with Gasteiger partial charge in [-0.15, -0.1) is 4.90 Å². The zero-order valence-corrected chi connectivity index (χ0v) is 24.6. The van der Waals surface area contributed by atoms with Gasteiger partial charge in [0, 0.05) is 11.9 Å². The number of rotatable bonds is 3. The maximum Gasteiger partial charge on any atom is 0.428 e. The van der Waals surface area contributed by atoms with Gasteiger partial charge in [-0.2, -0.15) is 4.99 Å². The monoisotopic (exact) mass is 570 g/mol. The quantitative estimate of drug-likeness (QED) is 0.482. The van der Waals surface area contributed by atoms with E-state index in [1.165, 1.54) is 0 Å². The predicted octanol–water partition coefficient (Wildman–Crippen LogP) is 5.81. The van der Waals surface area contributed by atoms with Gasteiger partial charge in [-0.3, -0.25) is 0 Å². The van der Waals surface area contributed by atoms with Crippen molar-refractivity contribution in [2.24, 2.45) is 10.4 Å². The fourth-order valence-corrected chi connectivity index (χ4v) is 3.97. The average Bonchev–Trinajstić information content (AvgIpc) is 2.84. The van der Waals surface area contributed by atoms with E-state index in [1.54, 1.807) is 85.2 Å². The van der Waals surface area contributed by atoms with Crippen LogP contribution in [0.1, 0.15) is 48.0 Å². The highest BCUT2D eigenvalue weighted by molar-refractivity contribution is 6.06. The molecular formula is C29H38N4O8. The van der Waals surface area contributed by atoms with E-state index in [0.29, 0.717) is 59.8 Å². The summed E-state index contributed by atoms with van der Waals surface area (Å²) in [6.07, 6.45) is 0.217. The standard InChI is InChI=1S/C29H38N4O8/c1-27(2,3)40-25(34)33(26(35)41-28(4,5)6)24-32-20-15-19(31-23-22(36-7)9-8-13-30-23)10-11-21(20)39-18-29(12-14-38-24)16-37-17-29/h8-11,13,15H,12,14,16-18H2,1-7H3,(H,30,31). The largest absolute Gasteiger partial charge is 0.493 e. The molecule has 1 saturated heterocycles. The lowest BCUT2D eigenvalue weighted by molar-refractivity contribution is -0.140. The molecule has 3 heterocycles. The first kappa shape index (κ1) is 29.9. The van der Waals surface area contributed by atoms with E-state index < -0.39 is 23.4 Å². The van der Waals surface area contributed by atoms with Gasteiger partial charge >= 0.3 is 18.2 Å². The number of ether oxygens (including phenoxy) is 6. The van der Waals surface area contributed by atoms with Gasteiger partial charge in [-0.1, -0.05) is 0 Å². The number of benzene rings is 1. The number of aromatic nitrogens is 1. The van der Waals surface area contributed by atoms with Gasteiger partial charge < -0.3 is 33.7 Å². The number of imide groups is 1. The molecule has 1 aromatic carbocycles. The Morgan fingerprint density at radius 3 is 2.24 bits per heavy atom. The average molecular weight is 571 g/mol. The number of pyridine rings is 1. The Balaban J connectivity index is 1.79. The lowest BCUT2D eigenvalue weighted by Crippen LogP contribution is -2.50. The molecule has 4 rings (SSSR count). The van der Waals surface area contributed by atoms with Gasteiger partial charge in [0.05, 0.1) is 39.0 Å². The molecule has 2 aromatic rings. The van der Waals surface area contributed by atoms with Crippen LogP contribution in [0.4, 0.5) is 26.8 Å². The third-order valence-electron chi connectivity index (χ3n) is 5.99. The van der Waals surface area contributed by atoms with Crippen molar-refractivity contribution >= 4 is 35.4 Å². The van der Waals surface area contributed by atoms with Gasteiger partial charge in [0.15, 0.2) is 11.6 Å². The number of nitrogens with one attached hydrogen (secondary N) is 1. The molecule has 2 aliphatic heterocycles. The highest BCUT2D eigenvalue weighted by Gasteiger charge is 2.42. The topological polar surface area (TPSA) is 130 Å². The number of nitrogens with zero attached hydrogens (tertiary/aromatic N) is 3. The lowest BCUT2D eigenvalue weighted by atomic mass is 9.83. The maximum absolute atomic E-state index is 13.4. The smallest absolute Gasteiger partial charge is 0.428 e. The van der Waals surface area contributed by atoms with Crippen LogP contribution in [0.25, 0.3) is 0 Å². The lowest BCUT2D eigenvalue weighted by Gasteiger charge is -2.41. The number of hydrogen-bond acceptors (Lipinski definition) is 11. The summed E-state index contributed by atoms with van der Waals surface area (Å²) in [5, 5.41) is 3.21. The Morgan fingerprint density at radius 1 is 0.976 bits per heavy atom. The molecule has 12 heteroatoms. The molecule has 2 amide bonds. The summed E-state index contributed by atoms with van der Waals surface area (Å²) in [5.74, 6) is 1.46. The Hall–Kier alpha value is -4.06. The van der Waals surface area contributed by atoms with Crippen molar-refractivity contribution in [1.29, 1.82) is 0 Å². The second-order valence-electron chi connectivity index (χ2n) is 11.9. The molecule has 0 saturated carbocycles. The van der Waals surface area contributed by atoms with Crippen molar-refractivity contribution in [2.45, 2.75) is 59.2 Å². The molecule has 0 atom stereocenters. The SMILES string of the molecule is COc1cccnc1Nc1ccc2c(c1)N=C(N(C(=O)OC(C)(C)C)C(=O)OC(C)(C)C)OCCC1(COC1)CO2. The van der Waals surface area contributed by atoms with E-state index in [-0.39, 0.29) is 18.0 Å². The summed E-state index contributed by atoms with van der Waals surface area (Å²) in [4.78, 5) is 36.4. The van der Waals surface area contributed by atoms with Crippen molar-refractivity contribution in [3.8, 4) is 11.5 Å². The molecule has 0 bridgehead atoms. The summed E-state index contributed by atoms with van der Waals surface area (Å²) in [7, 11) is 1.55. The molecule has 222 valence electrons. The predicted molar refractivity (Wildman–Crippen MR) is 151 cm³/mol. The highest BCUT2D eigenvalue weighted by Crippen LogP contribution is 2.38. The Bertz CT molecular complexity index is 1270. The summed E-state index contributed by atoms with van der Waals surface area (Å²) in [6, 6.07) is 8.49. The summed E-state index contributed by atoms with van der Waals surface area (Å²) >= 11 is 0. The van der Waals surface area contributed by atoms with Crippen molar-refractivity contribution in [3.63, 3.8) is 0 Å². The van der Waals surface area contributed by atoms with Gasteiger partial charge in [0.1, 0.15) is 22.6 Å². The van der Waals surface area contributed by atoms with Crippen LogP contribution in [0.2, 0.25) is 0 Å². The second kappa shape index (κ2) is 11.8. The van der Waals surface area contributed by atoms with Crippen LogP contribution in [-0.4, -0.2) is 72.8 Å². The van der Waals surface area contributed by atoms with Crippen LogP contribution in [0.3, 0.4) is 0 Å². The molecule has 0 radical (unpaired) electrons. The van der Waals surface area contributed by atoms with Crippen molar-refractivity contribution < 1.29 is 38.0 Å². The molecule has 1 fully saturated rings. The number of amidine groups is 1. The van der Waals surface area contributed by atoms with Crippen LogP contribution in [0.5, 0.6) is 11.5 Å². The molecule has 1 spiro atoms. The van der Waals surface area contributed by atoms with Gasteiger partial charge in [0.2, 0.25) is 0 Å². The van der Waals surface area contributed by atoms with E-state index in [1.807, 2.05) is 0 Å². The summed E-state index contributed by atoms with van der Waals surface area (Å²) in [5.41, 5.74) is -1.18. The number of aliphatic imine (C=N–C) groups is 1. The van der Waals surface area contributed by atoms with Crippen LogP contribution in [0, 0.1) is 5.41 Å². The fourth-order valence-electron chi connectivity index (χ4n) is 3.97. The molecule has 12 nitrogen and oxygen atoms in total. The molecule has 0 unspecified atom stereocenters. The molecule has 1 N–H and O–H groups in total. The first-order valence-corrected chi connectivity index (χ1v) is 13.4. The number of fused-ring (bicyclic) bond motifs is 1. The Kier molecular flexibility index (Phi) is 8.62. The van der Waals surface area contributed by atoms with Gasteiger partial charge in [-0.25, -0.2) is 14.6 Å². The minimum atomic E-state index is -0.987. The van der Waals surface area contributed by atoms with E-state index in [2.05, 4.69) is 15.3 Å². The van der Waals surface area contributed by atoms with E-state index in [4.69, 9.17) is 28.4 Å². The zero-order chi connectivity index (χ0) is 29.8. The molecule has 41 heavy (non-hydrogen) atoms. The minimum absolute atomic E-state index is 0.145. The summed E-state index contributed by atoms with van der Waals surface area (Å²) in [6.45, 7) is 11.7. The number of anilines is 2. The van der Waals surface area contributed by atoms with Crippen molar-refractivity contribution in [3.05, 3.63) is 36.5 Å². The third-order valence-corrected chi connectivity index (χ3v) is 5.99. The normalized spacial score (nSPS) is 16.5. The molecular weight excluding hydrogens is 532 g/mol. The second-order valence-corrected chi connectivity index (χ2v) is 11.9. The van der Waals surface area contributed by atoms with Crippen LogP contribution >= 0.6 is 0 Å². The first-order chi connectivity index (χ1) is 19.3. The zero-order valence-electron chi connectivity index (χ0n) is 24.6. The van der Waals surface area contributed by atoms with E-state index >= 15 is 0 Å². The first-order valence-electron chi connectivity index (χ1n) is 13.4. The number of carbonyl (C=O) groups excluding carboxylic acids is 2. The number of amides is 2. The third kappa shape index (κ3) is 7.78. The van der Waals surface area contributed by atoms with Crippen LogP contribution < -0.4 is 14.8 Å². The molecule has 0 aliphatic carbocycles. The highest BCUT2D eigenvalue weighted by atomic mass is 16.6. The van der Waals surface area contributed by atoms with E-state index in [9.17, 15) is 9.59 Å². The van der Waals surface area contributed by atoms with Crippen molar-refractivity contribution in [2.75, 3.05) is 38.9 Å². The Labute approximate surface area is 239 Å². The Morgan fingerprint density at radius 2 is 1.66 bits per heavy atom. The molecule has 1 aromatic heterocycles. The van der Waals surface area contributed by atoms with Gasteiger partial charge in [0.25, 0.3) is 0 Å². The number of carbonyl (C=O) groups is 2. The van der Waals surface area contributed by atoms with E-state index in [0.717, 1.165) is 0 Å². The molecule has 2 aliphatic rings. The minimum Gasteiger partial charge on any atom is -0.493 e.